The summed E-state index contributed by atoms with van der Waals surface area (Å²) in [5.74, 6) is 0.801. The topological polar surface area (TPSA) is 29.1 Å². The average Bonchev–Trinajstić information content (AvgIpc) is 2.65. The second-order valence-electron chi connectivity index (χ2n) is 3.74. The first-order chi connectivity index (χ1) is 5.63. The van der Waals surface area contributed by atoms with Gasteiger partial charge in [-0.15, -0.1) is 0 Å². The maximum absolute atomic E-state index is 11.2. The molecule has 12 heavy (non-hydrogen) atoms. The van der Waals surface area contributed by atoms with Crippen molar-refractivity contribution in [3.63, 3.8) is 0 Å². The van der Waals surface area contributed by atoms with Gasteiger partial charge in [-0.05, 0) is 26.2 Å². The van der Waals surface area contributed by atoms with Gasteiger partial charge in [0.25, 0.3) is 0 Å². The molecule has 0 radical (unpaired) electrons. The van der Waals surface area contributed by atoms with Crippen LogP contribution in [-0.2, 0) is 4.79 Å². The Bertz CT molecular complexity index is 204. The largest absolute Gasteiger partial charge is 0.350 e. The van der Waals surface area contributed by atoms with Gasteiger partial charge in [0, 0.05) is 12.1 Å². The molecular weight excluding hydrogens is 150 g/mol. The minimum Gasteiger partial charge on any atom is -0.350 e. The second kappa shape index (κ2) is 3.74. The highest BCUT2D eigenvalue weighted by molar-refractivity contribution is 5.88. The molecule has 2 heteroatoms. The average molecular weight is 167 g/mol. The van der Waals surface area contributed by atoms with Gasteiger partial charge in [0.15, 0.2) is 0 Å². The minimum absolute atomic E-state index is 0.0657. The monoisotopic (exact) mass is 167 g/mol. The number of hydrogen-bond acceptors (Lipinski definition) is 1. The van der Waals surface area contributed by atoms with E-state index in [2.05, 4.69) is 12.2 Å². The Hall–Kier alpha value is -0.790. The molecule has 0 bridgehead atoms. The van der Waals surface area contributed by atoms with E-state index in [1.54, 1.807) is 6.08 Å². The summed E-state index contributed by atoms with van der Waals surface area (Å²) < 4.78 is 0. The molecule has 0 aromatic carbocycles. The van der Waals surface area contributed by atoms with Gasteiger partial charge in [-0.1, -0.05) is 18.9 Å². The first kappa shape index (κ1) is 9.30. The molecule has 1 N–H and O–H groups in total. The summed E-state index contributed by atoms with van der Waals surface area (Å²) in [5, 5.41) is 2.97. The van der Waals surface area contributed by atoms with Crippen LogP contribution in [0, 0.1) is 5.92 Å². The van der Waals surface area contributed by atoms with Gasteiger partial charge in [-0.3, -0.25) is 4.79 Å². The van der Waals surface area contributed by atoms with Crippen molar-refractivity contribution in [3.8, 4) is 0 Å². The molecule has 68 valence electrons. The number of carbonyl (C=O) groups excluding carboxylic acids is 1. The van der Waals surface area contributed by atoms with Gasteiger partial charge in [0.05, 0.1) is 0 Å². The van der Waals surface area contributed by atoms with Gasteiger partial charge >= 0.3 is 0 Å². The fraction of sp³-hybridized carbons (Fsp3) is 0.700. The summed E-state index contributed by atoms with van der Waals surface area (Å²) >= 11 is 0. The molecule has 1 aliphatic rings. The van der Waals surface area contributed by atoms with Crippen LogP contribution >= 0.6 is 0 Å². The predicted molar refractivity (Wildman–Crippen MR) is 49.8 cm³/mol. The number of rotatable bonds is 3. The first-order valence-corrected chi connectivity index (χ1v) is 4.59. The summed E-state index contributed by atoms with van der Waals surface area (Å²) in [6.07, 6.45) is 4.00. The van der Waals surface area contributed by atoms with Crippen LogP contribution in [0.2, 0.25) is 0 Å². The van der Waals surface area contributed by atoms with Crippen molar-refractivity contribution in [1.29, 1.82) is 0 Å². The van der Waals surface area contributed by atoms with E-state index < -0.39 is 0 Å². The molecule has 1 saturated carbocycles. The predicted octanol–water partition coefficient (Wildman–Crippen LogP) is 1.87. The van der Waals surface area contributed by atoms with Gasteiger partial charge in [0.2, 0.25) is 5.91 Å². The van der Waals surface area contributed by atoms with Crippen LogP contribution in [0.5, 0.6) is 0 Å². The zero-order valence-electron chi connectivity index (χ0n) is 8.05. The van der Waals surface area contributed by atoms with Gasteiger partial charge in [-0.2, -0.15) is 0 Å². The maximum Gasteiger partial charge on any atom is 0.244 e. The highest BCUT2D eigenvalue weighted by Gasteiger charge is 2.35. The molecule has 0 aromatic rings. The van der Waals surface area contributed by atoms with Crippen LogP contribution in [0.4, 0.5) is 0 Å². The van der Waals surface area contributed by atoms with Gasteiger partial charge in [0.1, 0.15) is 0 Å². The normalized spacial score (nSPS) is 26.2. The molecule has 0 aliphatic heterocycles. The van der Waals surface area contributed by atoms with Crippen molar-refractivity contribution in [2.45, 2.75) is 39.7 Å². The highest BCUT2D eigenvalue weighted by atomic mass is 16.1. The van der Waals surface area contributed by atoms with E-state index in [9.17, 15) is 4.79 Å². The van der Waals surface area contributed by atoms with Gasteiger partial charge in [-0.25, -0.2) is 0 Å². The van der Waals surface area contributed by atoms with Crippen LogP contribution in [0.3, 0.4) is 0 Å². The Morgan fingerprint density at radius 3 is 2.67 bits per heavy atom. The van der Waals surface area contributed by atoms with E-state index in [1.165, 1.54) is 12.8 Å². The van der Waals surface area contributed by atoms with E-state index in [0.717, 1.165) is 11.5 Å². The number of hydrogen-bond donors (Lipinski definition) is 1. The van der Waals surface area contributed by atoms with Crippen molar-refractivity contribution < 1.29 is 4.79 Å². The number of nitrogens with one attached hydrogen (secondary N) is 1. The van der Waals surface area contributed by atoms with Crippen LogP contribution in [0.1, 0.15) is 33.6 Å². The second-order valence-corrected chi connectivity index (χ2v) is 3.74. The Kier molecular flexibility index (Phi) is 2.90. The van der Waals surface area contributed by atoms with Gasteiger partial charge < -0.3 is 5.32 Å². The van der Waals surface area contributed by atoms with Crippen molar-refractivity contribution in [2.75, 3.05) is 0 Å². The van der Waals surface area contributed by atoms with E-state index in [4.69, 9.17) is 0 Å². The zero-order chi connectivity index (χ0) is 9.14. The minimum atomic E-state index is 0.0657. The summed E-state index contributed by atoms with van der Waals surface area (Å²) in [6, 6.07) is 0.457. The Morgan fingerprint density at radius 2 is 2.25 bits per heavy atom. The molecule has 1 rings (SSSR count). The van der Waals surface area contributed by atoms with E-state index >= 15 is 0 Å². The maximum atomic E-state index is 11.2. The highest BCUT2D eigenvalue weighted by Crippen LogP contribution is 2.32. The van der Waals surface area contributed by atoms with Crippen molar-refractivity contribution in [3.05, 3.63) is 11.6 Å². The molecule has 2 nitrogen and oxygen atoms in total. The lowest BCUT2D eigenvalue weighted by molar-refractivity contribution is -0.116. The summed E-state index contributed by atoms with van der Waals surface area (Å²) in [7, 11) is 0. The molecule has 0 heterocycles. The third-order valence-electron chi connectivity index (χ3n) is 2.19. The molecule has 0 aromatic heterocycles. The number of allylic oxidation sites excluding steroid dienone is 1. The number of carbonyl (C=O) groups is 1. The lowest BCUT2D eigenvalue weighted by Crippen LogP contribution is -2.24. The fourth-order valence-electron chi connectivity index (χ4n) is 1.36. The molecule has 1 fully saturated rings. The SMILES string of the molecule is CCC1CC1NC(=O)C=C(C)C. The Labute approximate surface area is 74.0 Å². The third-order valence-corrected chi connectivity index (χ3v) is 2.19. The molecule has 0 saturated heterocycles. The Balaban J connectivity index is 2.25. The molecule has 1 amide bonds. The summed E-state index contributed by atoms with van der Waals surface area (Å²) in [5.41, 5.74) is 1.06. The van der Waals surface area contributed by atoms with Crippen molar-refractivity contribution in [1.82, 2.24) is 5.32 Å². The van der Waals surface area contributed by atoms with E-state index in [-0.39, 0.29) is 5.91 Å². The standard InChI is InChI=1S/C10H17NO/c1-4-8-6-9(8)11-10(12)5-7(2)3/h5,8-9H,4,6H2,1-3H3,(H,11,12). The lowest BCUT2D eigenvalue weighted by atomic mass is 10.3. The molecule has 0 spiro atoms. The molecular formula is C10H17NO. The third kappa shape index (κ3) is 2.68. The Morgan fingerprint density at radius 1 is 1.58 bits per heavy atom. The molecule has 2 atom stereocenters. The lowest BCUT2D eigenvalue weighted by Gasteiger charge is -1.99. The fourth-order valence-corrected chi connectivity index (χ4v) is 1.36. The zero-order valence-corrected chi connectivity index (χ0v) is 8.05. The van der Waals surface area contributed by atoms with Crippen LogP contribution in [-0.4, -0.2) is 11.9 Å². The van der Waals surface area contributed by atoms with Crippen molar-refractivity contribution in [2.24, 2.45) is 5.92 Å². The van der Waals surface area contributed by atoms with Crippen molar-refractivity contribution >= 4 is 5.91 Å². The van der Waals surface area contributed by atoms with E-state index in [0.29, 0.717) is 6.04 Å². The molecule has 2 unspecified atom stereocenters. The molecule has 1 aliphatic carbocycles. The number of amides is 1. The first-order valence-electron chi connectivity index (χ1n) is 4.59. The summed E-state index contributed by atoms with van der Waals surface area (Å²) in [4.78, 5) is 11.2. The quantitative estimate of drug-likeness (QED) is 0.639. The van der Waals surface area contributed by atoms with E-state index in [1.807, 2.05) is 13.8 Å². The van der Waals surface area contributed by atoms with Crippen LogP contribution in [0.25, 0.3) is 0 Å². The van der Waals surface area contributed by atoms with Crippen LogP contribution in [0.15, 0.2) is 11.6 Å². The van der Waals surface area contributed by atoms with Crippen LogP contribution < -0.4 is 5.32 Å². The smallest absolute Gasteiger partial charge is 0.244 e. The summed E-state index contributed by atoms with van der Waals surface area (Å²) in [6.45, 7) is 6.03.